The third-order valence-electron chi connectivity index (χ3n) is 3.86. The minimum Gasteiger partial charge on any atom is -0.368 e. The molecule has 2 aromatic rings. The van der Waals surface area contributed by atoms with E-state index in [9.17, 15) is 32.9 Å². The van der Waals surface area contributed by atoms with Crippen LogP contribution in [0.4, 0.5) is 18.9 Å². The van der Waals surface area contributed by atoms with Gasteiger partial charge in [0.25, 0.3) is 5.69 Å². The minimum absolute atomic E-state index is 0.175. The largest absolute Gasteiger partial charge is 0.416 e. The van der Waals surface area contributed by atoms with E-state index in [0.717, 1.165) is 12.1 Å². The van der Waals surface area contributed by atoms with Gasteiger partial charge in [0.1, 0.15) is 6.04 Å². The first-order chi connectivity index (χ1) is 13.1. The number of hydrogen-bond acceptors (Lipinski definition) is 4. The van der Waals surface area contributed by atoms with Crippen LogP contribution in [0.3, 0.4) is 0 Å². The Hall–Kier alpha value is -3.43. The molecule has 0 radical (unpaired) electrons. The first-order valence-electron chi connectivity index (χ1n) is 8.04. The topological polar surface area (TPSA) is 115 Å². The number of non-ortho nitro benzene ring substituents is 1. The van der Waals surface area contributed by atoms with Crippen molar-refractivity contribution in [2.75, 3.05) is 0 Å². The first-order valence-corrected chi connectivity index (χ1v) is 8.04. The number of carbonyl (C=O) groups excluding carboxylic acids is 2. The summed E-state index contributed by atoms with van der Waals surface area (Å²) in [6.45, 7) is 0. The quantitative estimate of drug-likeness (QED) is 0.553. The fraction of sp³-hybridized carbons (Fsp3) is 0.222. The van der Waals surface area contributed by atoms with Gasteiger partial charge in [-0.2, -0.15) is 13.2 Å². The SMILES string of the molecule is NC(=O)[C@@H](Cc1cccc(C(F)(F)F)c1)NC(=O)Cc1cccc([N+](=O)[O-])c1. The number of nitrogens with one attached hydrogen (secondary N) is 1. The van der Waals surface area contributed by atoms with E-state index >= 15 is 0 Å². The fourth-order valence-corrected chi connectivity index (χ4v) is 2.54. The third kappa shape index (κ3) is 5.79. The summed E-state index contributed by atoms with van der Waals surface area (Å²) in [4.78, 5) is 33.9. The molecule has 148 valence electrons. The second kappa shape index (κ2) is 8.51. The smallest absolute Gasteiger partial charge is 0.368 e. The average molecular weight is 395 g/mol. The van der Waals surface area contributed by atoms with Crippen LogP contribution in [-0.2, 0) is 28.6 Å². The molecule has 0 aliphatic heterocycles. The lowest BCUT2D eigenvalue weighted by molar-refractivity contribution is -0.384. The molecule has 3 N–H and O–H groups in total. The molecule has 1 atom stereocenters. The van der Waals surface area contributed by atoms with Gasteiger partial charge in [0.05, 0.1) is 16.9 Å². The number of nitrogens with zero attached hydrogens (tertiary/aromatic N) is 1. The lowest BCUT2D eigenvalue weighted by Gasteiger charge is -2.16. The van der Waals surface area contributed by atoms with Gasteiger partial charge in [-0.1, -0.05) is 30.3 Å². The standard InChI is InChI=1S/C18H16F3N3O4/c19-18(20,21)13-5-1-3-11(7-13)9-15(17(22)26)23-16(25)10-12-4-2-6-14(8-12)24(27)28/h1-8,15H,9-10H2,(H2,22,26)(H,23,25)/t15-/m1/s1. The van der Waals surface area contributed by atoms with Gasteiger partial charge >= 0.3 is 6.18 Å². The predicted molar refractivity (Wildman–Crippen MR) is 93.1 cm³/mol. The minimum atomic E-state index is -4.54. The van der Waals surface area contributed by atoms with Gasteiger partial charge in [-0.05, 0) is 17.2 Å². The summed E-state index contributed by atoms with van der Waals surface area (Å²) in [5.74, 6) is -1.55. The predicted octanol–water partition coefficient (Wildman–Crippen LogP) is 2.37. The number of carbonyl (C=O) groups is 2. The Bertz CT molecular complexity index is 900. The number of nitro groups is 1. The highest BCUT2D eigenvalue weighted by Crippen LogP contribution is 2.29. The number of primary amides is 1. The van der Waals surface area contributed by atoms with Gasteiger partial charge < -0.3 is 11.1 Å². The maximum Gasteiger partial charge on any atom is 0.416 e. The van der Waals surface area contributed by atoms with E-state index in [1.165, 1.54) is 36.4 Å². The van der Waals surface area contributed by atoms with Crippen molar-refractivity contribution in [2.24, 2.45) is 5.73 Å². The average Bonchev–Trinajstić information content (AvgIpc) is 2.60. The van der Waals surface area contributed by atoms with Gasteiger partial charge in [-0.25, -0.2) is 0 Å². The van der Waals surface area contributed by atoms with Crippen molar-refractivity contribution in [2.45, 2.75) is 25.1 Å². The number of amides is 2. The summed E-state index contributed by atoms with van der Waals surface area (Å²) in [5, 5.41) is 13.1. The van der Waals surface area contributed by atoms with Crippen molar-refractivity contribution < 1.29 is 27.7 Å². The van der Waals surface area contributed by atoms with Crippen molar-refractivity contribution in [1.29, 1.82) is 0 Å². The highest BCUT2D eigenvalue weighted by molar-refractivity contribution is 5.87. The molecule has 0 aliphatic rings. The molecule has 0 heterocycles. The van der Waals surface area contributed by atoms with E-state index < -0.39 is 34.5 Å². The van der Waals surface area contributed by atoms with Crippen LogP contribution in [-0.4, -0.2) is 22.8 Å². The molecule has 0 saturated carbocycles. The molecule has 7 nitrogen and oxygen atoms in total. The van der Waals surface area contributed by atoms with Gasteiger partial charge in [0, 0.05) is 18.6 Å². The molecule has 0 unspecified atom stereocenters. The van der Waals surface area contributed by atoms with Crippen LogP contribution in [0.5, 0.6) is 0 Å². The number of halogens is 3. The first kappa shape index (κ1) is 20.9. The van der Waals surface area contributed by atoms with E-state index in [2.05, 4.69) is 5.32 Å². The van der Waals surface area contributed by atoms with E-state index in [1.807, 2.05) is 0 Å². The molecule has 0 spiro atoms. The van der Waals surface area contributed by atoms with Gasteiger partial charge in [0.15, 0.2) is 0 Å². The summed E-state index contributed by atoms with van der Waals surface area (Å²) in [5.41, 5.74) is 4.69. The van der Waals surface area contributed by atoms with Crippen LogP contribution in [0.15, 0.2) is 48.5 Å². The Labute approximate surface area is 157 Å². The van der Waals surface area contributed by atoms with Gasteiger partial charge in [-0.3, -0.25) is 19.7 Å². The zero-order valence-corrected chi connectivity index (χ0v) is 14.4. The monoisotopic (exact) mass is 395 g/mol. The van der Waals surface area contributed by atoms with Crippen LogP contribution in [0.1, 0.15) is 16.7 Å². The molecule has 2 aromatic carbocycles. The van der Waals surface area contributed by atoms with Crippen molar-refractivity contribution in [1.82, 2.24) is 5.32 Å². The maximum atomic E-state index is 12.8. The Morgan fingerprint density at radius 2 is 1.75 bits per heavy atom. The second-order valence-corrected chi connectivity index (χ2v) is 6.03. The molecule has 0 saturated heterocycles. The summed E-state index contributed by atoms with van der Waals surface area (Å²) < 4.78 is 38.4. The Balaban J connectivity index is 2.09. The normalized spacial score (nSPS) is 12.2. The molecule has 10 heteroatoms. The summed E-state index contributed by atoms with van der Waals surface area (Å²) in [6.07, 6.45) is -5.02. The highest BCUT2D eigenvalue weighted by Gasteiger charge is 2.30. The van der Waals surface area contributed by atoms with Crippen LogP contribution in [0.25, 0.3) is 0 Å². The molecular weight excluding hydrogens is 379 g/mol. The number of nitro benzene ring substituents is 1. The number of hydrogen-bond donors (Lipinski definition) is 2. The zero-order chi connectivity index (χ0) is 20.9. The molecule has 28 heavy (non-hydrogen) atoms. The number of benzene rings is 2. The molecule has 2 rings (SSSR count). The van der Waals surface area contributed by atoms with Crippen molar-refractivity contribution in [3.63, 3.8) is 0 Å². The molecule has 0 bridgehead atoms. The lowest BCUT2D eigenvalue weighted by Crippen LogP contribution is -2.46. The molecule has 0 aliphatic carbocycles. The van der Waals surface area contributed by atoms with Crippen LogP contribution >= 0.6 is 0 Å². The molecule has 2 amide bonds. The molecule has 0 fully saturated rings. The zero-order valence-electron chi connectivity index (χ0n) is 14.4. The third-order valence-corrected chi connectivity index (χ3v) is 3.86. The molecule has 0 aromatic heterocycles. The van der Waals surface area contributed by atoms with Crippen LogP contribution in [0, 0.1) is 10.1 Å². The van der Waals surface area contributed by atoms with Gasteiger partial charge in [-0.15, -0.1) is 0 Å². The molecular formula is C18H16F3N3O4. The van der Waals surface area contributed by atoms with E-state index in [-0.39, 0.29) is 24.1 Å². The number of rotatable bonds is 7. The van der Waals surface area contributed by atoms with Crippen LogP contribution < -0.4 is 11.1 Å². The Morgan fingerprint density at radius 1 is 1.11 bits per heavy atom. The highest BCUT2D eigenvalue weighted by atomic mass is 19.4. The van der Waals surface area contributed by atoms with E-state index in [1.54, 1.807) is 0 Å². The maximum absolute atomic E-state index is 12.8. The fourth-order valence-electron chi connectivity index (χ4n) is 2.54. The Morgan fingerprint density at radius 3 is 2.36 bits per heavy atom. The van der Waals surface area contributed by atoms with Crippen LogP contribution in [0.2, 0.25) is 0 Å². The van der Waals surface area contributed by atoms with Crippen molar-refractivity contribution in [3.05, 3.63) is 75.3 Å². The Kier molecular flexibility index (Phi) is 6.34. The van der Waals surface area contributed by atoms with Crippen molar-refractivity contribution >= 4 is 17.5 Å². The number of alkyl halides is 3. The lowest BCUT2D eigenvalue weighted by atomic mass is 10.0. The van der Waals surface area contributed by atoms with E-state index in [4.69, 9.17) is 5.73 Å². The summed E-state index contributed by atoms with van der Waals surface area (Å²) in [6, 6.07) is 8.51. The second-order valence-electron chi connectivity index (χ2n) is 6.03. The van der Waals surface area contributed by atoms with Gasteiger partial charge in [0.2, 0.25) is 11.8 Å². The van der Waals surface area contributed by atoms with Crippen molar-refractivity contribution in [3.8, 4) is 0 Å². The van der Waals surface area contributed by atoms with E-state index in [0.29, 0.717) is 5.56 Å². The number of nitrogens with two attached hydrogens (primary N) is 1. The summed E-state index contributed by atoms with van der Waals surface area (Å²) >= 11 is 0. The summed E-state index contributed by atoms with van der Waals surface area (Å²) in [7, 11) is 0.